The largest absolute Gasteiger partial charge is 0.349 e. The van der Waals surface area contributed by atoms with Crippen LogP contribution in [0.4, 0.5) is 0 Å². The summed E-state index contributed by atoms with van der Waals surface area (Å²) in [4.78, 5) is 16.5. The van der Waals surface area contributed by atoms with Crippen molar-refractivity contribution < 1.29 is 4.79 Å². The summed E-state index contributed by atoms with van der Waals surface area (Å²) in [5, 5.41) is 3.55. The van der Waals surface area contributed by atoms with Gasteiger partial charge in [-0.15, -0.1) is 0 Å². The number of carbonyl (C=O) groups excluding carboxylic acids is 1. The van der Waals surface area contributed by atoms with Gasteiger partial charge in [0.15, 0.2) is 0 Å². The van der Waals surface area contributed by atoms with Crippen molar-refractivity contribution in [3.05, 3.63) is 29.0 Å². The average Bonchev–Trinajstić information content (AvgIpc) is 2.74. The minimum atomic E-state index is -0.0134. The maximum absolute atomic E-state index is 12.3. The molecule has 1 heterocycles. The van der Waals surface area contributed by atoms with Crippen LogP contribution in [0.1, 0.15) is 42.5 Å². The van der Waals surface area contributed by atoms with Crippen molar-refractivity contribution in [3.63, 3.8) is 0 Å². The van der Waals surface area contributed by atoms with Crippen molar-refractivity contribution in [2.45, 2.75) is 38.1 Å². The fourth-order valence-electron chi connectivity index (χ4n) is 2.83. The topological polar surface area (TPSA) is 46.9 Å². The number of rotatable bonds is 2. The molecule has 0 radical (unpaired) electrons. The monoisotopic (exact) mass is 291 g/mol. The number of hydrogen-bond donors (Lipinski definition) is 1. The molecular formula is C15H18ClN3O. The van der Waals surface area contributed by atoms with E-state index in [0.717, 1.165) is 23.9 Å². The molecule has 0 saturated heterocycles. The first-order chi connectivity index (χ1) is 9.65. The minimum absolute atomic E-state index is 0.0134. The van der Waals surface area contributed by atoms with Crippen LogP contribution in [0.25, 0.3) is 11.0 Å². The number of carbonyl (C=O) groups is 1. The zero-order valence-corrected chi connectivity index (χ0v) is 12.3. The van der Waals surface area contributed by atoms with Gasteiger partial charge in [-0.25, -0.2) is 4.98 Å². The molecule has 2 aromatic rings. The van der Waals surface area contributed by atoms with Gasteiger partial charge in [-0.1, -0.05) is 19.3 Å². The van der Waals surface area contributed by atoms with Gasteiger partial charge in [0.25, 0.3) is 5.91 Å². The molecule has 3 rings (SSSR count). The van der Waals surface area contributed by atoms with E-state index >= 15 is 0 Å². The minimum Gasteiger partial charge on any atom is -0.349 e. The average molecular weight is 292 g/mol. The summed E-state index contributed by atoms with van der Waals surface area (Å²) in [6.07, 6.45) is 5.87. The van der Waals surface area contributed by atoms with Crippen molar-refractivity contribution in [1.82, 2.24) is 14.9 Å². The Morgan fingerprint density at radius 1 is 1.35 bits per heavy atom. The number of imidazole rings is 1. The van der Waals surface area contributed by atoms with Crippen molar-refractivity contribution in [1.29, 1.82) is 0 Å². The molecule has 0 aliphatic heterocycles. The molecule has 1 N–H and O–H groups in total. The van der Waals surface area contributed by atoms with Gasteiger partial charge in [-0.05, 0) is 42.6 Å². The number of nitrogens with zero attached hydrogens (tertiary/aromatic N) is 2. The summed E-state index contributed by atoms with van der Waals surface area (Å²) in [7, 11) is 1.86. The summed E-state index contributed by atoms with van der Waals surface area (Å²) in [5.74, 6) is -0.0134. The highest BCUT2D eigenvalue weighted by atomic mass is 35.5. The summed E-state index contributed by atoms with van der Waals surface area (Å²) >= 11 is 5.99. The summed E-state index contributed by atoms with van der Waals surface area (Å²) in [6, 6.07) is 5.85. The predicted molar refractivity (Wildman–Crippen MR) is 80.1 cm³/mol. The second kappa shape index (κ2) is 5.44. The van der Waals surface area contributed by atoms with E-state index in [1.54, 1.807) is 10.6 Å². The summed E-state index contributed by atoms with van der Waals surface area (Å²) in [6.45, 7) is 0. The Labute approximate surface area is 123 Å². The molecule has 4 nitrogen and oxygen atoms in total. The van der Waals surface area contributed by atoms with Gasteiger partial charge in [0.05, 0.1) is 11.0 Å². The number of aromatic nitrogens is 2. The number of benzene rings is 1. The number of amides is 1. The van der Waals surface area contributed by atoms with Crippen LogP contribution < -0.4 is 5.32 Å². The summed E-state index contributed by atoms with van der Waals surface area (Å²) < 4.78 is 1.81. The van der Waals surface area contributed by atoms with Gasteiger partial charge >= 0.3 is 0 Å². The number of fused-ring (bicyclic) bond motifs is 1. The molecule has 1 saturated carbocycles. The number of hydrogen-bond acceptors (Lipinski definition) is 2. The normalized spacial score (nSPS) is 16.5. The number of nitrogens with one attached hydrogen (secondary N) is 1. The van der Waals surface area contributed by atoms with Gasteiger partial charge < -0.3 is 9.88 Å². The second-order valence-corrected chi connectivity index (χ2v) is 5.79. The SMILES string of the molecule is Cn1c(Cl)nc2cc(C(=O)NC3CCCCC3)ccc21. The third-order valence-corrected chi connectivity index (χ3v) is 4.37. The van der Waals surface area contributed by atoms with Crippen LogP contribution in [0.3, 0.4) is 0 Å². The maximum Gasteiger partial charge on any atom is 0.251 e. The highest BCUT2D eigenvalue weighted by Gasteiger charge is 2.17. The molecule has 1 aromatic carbocycles. The Hall–Kier alpha value is -1.55. The quantitative estimate of drug-likeness (QED) is 0.923. The van der Waals surface area contributed by atoms with Gasteiger partial charge in [0.1, 0.15) is 0 Å². The van der Waals surface area contributed by atoms with Crippen LogP contribution in [0.15, 0.2) is 18.2 Å². The lowest BCUT2D eigenvalue weighted by Crippen LogP contribution is -2.36. The molecule has 1 amide bonds. The van der Waals surface area contributed by atoms with Crippen LogP contribution in [0, 0.1) is 0 Å². The molecule has 5 heteroatoms. The Morgan fingerprint density at radius 2 is 2.10 bits per heavy atom. The van der Waals surface area contributed by atoms with E-state index in [0.29, 0.717) is 16.9 Å². The molecule has 0 atom stereocenters. The molecule has 1 aliphatic carbocycles. The van der Waals surface area contributed by atoms with E-state index in [1.165, 1.54) is 19.3 Å². The molecule has 0 bridgehead atoms. The van der Waals surface area contributed by atoms with Crippen molar-refractivity contribution >= 4 is 28.5 Å². The van der Waals surface area contributed by atoms with Crippen molar-refractivity contribution in [3.8, 4) is 0 Å². The first-order valence-corrected chi connectivity index (χ1v) is 7.46. The fraction of sp³-hybridized carbons (Fsp3) is 0.467. The van der Waals surface area contributed by atoms with Crippen LogP contribution in [-0.4, -0.2) is 21.5 Å². The Morgan fingerprint density at radius 3 is 2.85 bits per heavy atom. The van der Waals surface area contributed by atoms with Gasteiger partial charge in [0.2, 0.25) is 5.28 Å². The van der Waals surface area contributed by atoms with Crippen molar-refractivity contribution in [2.24, 2.45) is 7.05 Å². The van der Waals surface area contributed by atoms with Gasteiger partial charge in [-0.3, -0.25) is 4.79 Å². The zero-order valence-electron chi connectivity index (χ0n) is 11.5. The second-order valence-electron chi connectivity index (χ2n) is 5.45. The van der Waals surface area contributed by atoms with E-state index in [2.05, 4.69) is 10.3 Å². The summed E-state index contributed by atoms with van der Waals surface area (Å²) in [5.41, 5.74) is 2.34. The molecule has 20 heavy (non-hydrogen) atoms. The molecule has 1 aromatic heterocycles. The van der Waals surface area contributed by atoms with Gasteiger partial charge in [-0.2, -0.15) is 0 Å². The van der Waals surface area contributed by atoms with Gasteiger partial charge in [0, 0.05) is 18.7 Å². The molecule has 1 fully saturated rings. The van der Waals surface area contributed by atoms with E-state index in [9.17, 15) is 4.79 Å². The zero-order chi connectivity index (χ0) is 14.1. The first-order valence-electron chi connectivity index (χ1n) is 7.08. The maximum atomic E-state index is 12.3. The smallest absolute Gasteiger partial charge is 0.251 e. The Bertz CT molecular complexity index is 644. The molecule has 1 aliphatic rings. The molecule has 106 valence electrons. The lowest BCUT2D eigenvalue weighted by atomic mass is 9.95. The first kappa shape index (κ1) is 13.4. The lowest BCUT2D eigenvalue weighted by molar-refractivity contribution is 0.0928. The van der Waals surface area contributed by atoms with Crippen LogP contribution in [0.2, 0.25) is 5.28 Å². The van der Waals surface area contributed by atoms with Crippen LogP contribution >= 0.6 is 11.6 Å². The lowest BCUT2D eigenvalue weighted by Gasteiger charge is -2.22. The Balaban J connectivity index is 1.80. The van der Waals surface area contributed by atoms with E-state index in [-0.39, 0.29) is 5.91 Å². The van der Waals surface area contributed by atoms with Crippen LogP contribution in [0.5, 0.6) is 0 Å². The van der Waals surface area contributed by atoms with E-state index < -0.39 is 0 Å². The third-order valence-electron chi connectivity index (χ3n) is 4.03. The van der Waals surface area contributed by atoms with E-state index in [4.69, 9.17) is 11.6 Å². The predicted octanol–water partition coefficient (Wildman–Crippen LogP) is 3.29. The standard InChI is InChI=1S/C15H18ClN3O/c1-19-13-8-7-10(9-12(13)18-15(19)16)14(20)17-11-5-3-2-4-6-11/h7-9,11H,2-6H2,1H3,(H,17,20). The number of halogens is 1. The highest BCUT2D eigenvalue weighted by molar-refractivity contribution is 6.29. The molecular weight excluding hydrogens is 274 g/mol. The van der Waals surface area contributed by atoms with Crippen molar-refractivity contribution in [2.75, 3.05) is 0 Å². The third kappa shape index (κ3) is 2.52. The molecule has 0 spiro atoms. The van der Waals surface area contributed by atoms with E-state index in [1.807, 2.05) is 19.2 Å². The highest BCUT2D eigenvalue weighted by Crippen LogP contribution is 2.21. The molecule has 0 unspecified atom stereocenters. The fourth-order valence-corrected chi connectivity index (χ4v) is 3.01. The Kier molecular flexibility index (Phi) is 3.66. The number of aryl methyl sites for hydroxylation is 1. The van der Waals surface area contributed by atoms with Crippen LogP contribution in [-0.2, 0) is 7.05 Å².